The standard InChI is InChI=1S/C47H29N3O/c1-2-10-30(11-3-1)32-20-24-34(25-21-32)45-48-46(50-47(49-45)40-17-9-19-43-44(40)39-15-6-7-18-42(39)51-43)38-16-8-14-33-23-27-37(29-41(33)38)36-26-22-31-12-4-5-13-35(31)28-36/h1-29H. The van der Waals surface area contributed by atoms with Crippen LogP contribution in [0.2, 0.25) is 0 Å². The molecule has 0 unspecified atom stereocenters. The molecular weight excluding hydrogens is 623 g/mol. The van der Waals surface area contributed by atoms with Crippen LogP contribution in [0.15, 0.2) is 180 Å². The Balaban J connectivity index is 1.18. The maximum atomic E-state index is 6.27. The van der Waals surface area contributed by atoms with Crippen molar-refractivity contribution < 1.29 is 4.42 Å². The molecule has 2 heterocycles. The second kappa shape index (κ2) is 11.9. The van der Waals surface area contributed by atoms with Crippen LogP contribution in [0.1, 0.15) is 0 Å². The van der Waals surface area contributed by atoms with Gasteiger partial charge in [-0.2, -0.15) is 0 Å². The fourth-order valence-corrected chi connectivity index (χ4v) is 7.17. The predicted molar refractivity (Wildman–Crippen MR) is 209 cm³/mol. The van der Waals surface area contributed by atoms with E-state index in [0.717, 1.165) is 66.1 Å². The Morgan fingerprint density at radius 3 is 1.75 bits per heavy atom. The molecule has 0 aliphatic rings. The monoisotopic (exact) mass is 651 g/mol. The minimum Gasteiger partial charge on any atom is -0.456 e. The Bertz CT molecular complexity index is 2910. The van der Waals surface area contributed by atoms with Gasteiger partial charge in [0.1, 0.15) is 11.2 Å². The lowest BCUT2D eigenvalue weighted by atomic mass is 9.96. The molecule has 2 aromatic heterocycles. The molecule has 51 heavy (non-hydrogen) atoms. The minimum absolute atomic E-state index is 0.599. The fraction of sp³-hybridized carbons (Fsp3) is 0. The van der Waals surface area contributed by atoms with Gasteiger partial charge in [-0.25, -0.2) is 15.0 Å². The van der Waals surface area contributed by atoms with Gasteiger partial charge >= 0.3 is 0 Å². The highest BCUT2D eigenvalue weighted by atomic mass is 16.3. The van der Waals surface area contributed by atoms with E-state index in [2.05, 4.69) is 140 Å². The lowest BCUT2D eigenvalue weighted by molar-refractivity contribution is 0.669. The van der Waals surface area contributed by atoms with Crippen LogP contribution < -0.4 is 0 Å². The number of benzene rings is 8. The number of nitrogens with zero attached hydrogens (tertiary/aromatic N) is 3. The van der Waals surface area contributed by atoms with Gasteiger partial charge in [-0.05, 0) is 68.1 Å². The van der Waals surface area contributed by atoms with E-state index < -0.39 is 0 Å². The van der Waals surface area contributed by atoms with E-state index in [-0.39, 0.29) is 0 Å². The van der Waals surface area contributed by atoms with E-state index in [9.17, 15) is 0 Å². The van der Waals surface area contributed by atoms with E-state index in [1.165, 1.54) is 16.3 Å². The Kier molecular flexibility index (Phi) is 6.78. The third kappa shape index (κ3) is 5.13. The molecule has 0 aliphatic carbocycles. The van der Waals surface area contributed by atoms with Crippen molar-refractivity contribution in [2.24, 2.45) is 0 Å². The van der Waals surface area contributed by atoms with Crippen molar-refractivity contribution in [3.05, 3.63) is 176 Å². The lowest BCUT2D eigenvalue weighted by Crippen LogP contribution is -2.01. The van der Waals surface area contributed by atoms with Gasteiger partial charge in [0.25, 0.3) is 0 Å². The SMILES string of the molecule is c1ccc(-c2ccc(-c3nc(-c4cccc5ccc(-c6ccc7ccccc7c6)cc45)nc(-c4cccc5oc6ccccc6c45)n3)cc2)cc1. The average Bonchev–Trinajstić information content (AvgIpc) is 3.59. The molecular formula is C47H29N3O. The van der Waals surface area contributed by atoms with Crippen LogP contribution in [0.3, 0.4) is 0 Å². The normalized spacial score (nSPS) is 11.5. The molecule has 0 saturated heterocycles. The highest BCUT2D eigenvalue weighted by molar-refractivity contribution is 6.12. The van der Waals surface area contributed by atoms with E-state index in [0.29, 0.717) is 17.5 Å². The molecule has 0 atom stereocenters. The van der Waals surface area contributed by atoms with Crippen LogP contribution in [0.4, 0.5) is 0 Å². The van der Waals surface area contributed by atoms with Crippen LogP contribution in [0.25, 0.3) is 99.9 Å². The Morgan fingerprint density at radius 2 is 0.882 bits per heavy atom. The first-order chi connectivity index (χ1) is 25.2. The predicted octanol–water partition coefficient (Wildman–Crippen LogP) is 12.4. The second-order valence-corrected chi connectivity index (χ2v) is 12.8. The largest absolute Gasteiger partial charge is 0.456 e. The first kappa shape index (κ1) is 29.0. The number of aromatic nitrogens is 3. The zero-order valence-electron chi connectivity index (χ0n) is 27.5. The molecule has 238 valence electrons. The molecule has 4 heteroatoms. The summed E-state index contributed by atoms with van der Waals surface area (Å²) in [4.78, 5) is 15.6. The van der Waals surface area contributed by atoms with Crippen molar-refractivity contribution in [2.75, 3.05) is 0 Å². The summed E-state index contributed by atoms with van der Waals surface area (Å²) in [6, 6.07) is 61.2. The van der Waals surface area contributed by atoms with Crippen molar-refractivity contribution >= 4 is 43.5 Å². The topological polar surface area (TPSA) is 51.8 Å². The van der Waals surface area contributed by atoms with Crippen LogP contribution in [-0.2, 0) is 0 Å². The summed E-state index contributed by atoms with van der Waals surface area (Å²) in [5.41, 5.74) is 9.01. The number of furan rings is 1. The van der Waals surface area contributed by atoms with Gasteiger partial charge in [0, 0.05) is 27.5 Å². The number of rotatable bonds is 5. The smallest absolute Gasteiger partial charge is 0.164 e. The Labute approximate surface area is 294 Å². The maximum Gasteiger partial charge on any atom is 0.164 e. The molecule has 0 bridgehead atoms. The van der Waals surface area contributed by atoms with E-state index in [4.69, 9.17) is 19.4 Å². The molecule has 0 saturated carbocycles. The summed E-state index contributed by atoms with van der Waals surface area (Å²) in [7, 11) is 0. The van der Waals surface area contributed by atoms with Gasteiger partial charge in [-0.1, -0.05) is 152 Å². The van der Waals surface area contributed by atoms with Gasteiger partial charge < -0.3 is 4.42 Å². The van der Waals surface area contributed by atoms with Gasteiger partial charge in [0.15, 0.2) is 17.5 Å². The third-order valence-electron chi connectivity index (χ3n) is 9.73. The number of para-hydroxylation sites is 1. The molecule has 0 amide bonds. The first-order valence-corrected chi connectivity index (χ1v) is 17.1. The zero-order chi connectivity index (χ0) is 33.7. The molecule has 0 spiro atoms. The maximum absolute atomic E-state index is 6.27. The molecule has 0 aliphatic heterocycles. The van der Waals surface area contributed by atoms with Crippen LogP contribution >= 0.6 is 0 Å². The van der Waals surface area contributed by atoms with Crippen molar-refractivity contribution in [1.29, 1.82) is 0 Å². The Hall–Kier alpha value is -6.91. The second-order valence-electron chi connectivity index (χ2n) is 12.8. The van der Waals surface area contributed by atoms with E-state index >= 15 is 0 Å². The fourth-order valence-electron chi connectivity index (χ4n) is 7.17. The van der Waals surface area contributed by atoms with Gasteiger partial charge in [0.05, 0.1) is 0 Å². The van der Waals surface area contributed by atoms with E-state index in [1.807, 2.05) is 36.4 Å². The van der Waals surface area contributed by atoms with Crippen molar-refractivity contribution in [3.63, 3.8) is 0 Å². The average molecular weight is 652 g/mol. The highest BCUT2D eigenvalue weighted by Crippen LogP contribution is 2.38. The zero-order valence-corrected chi connectivity index (χ0v) is 27.5. The number of hydrogen-bond acceptors (Lipinski definition) is 4. The number of hydrogen-bond donors (Lipinski definition) is 0. The molecule has 0 fully saturated rings. The minimum atomic E-state index is 0.599. The van der Waals surface area contributed by atoms with Crippen molar-refractivity contribution in [2.45, 2.75) is 0 Å². The highest BCUT2D eigenvalue weighted by Gasteiger charge is 2.19. The molecule has 8 aromatic carbocycles. The van der Waals surface area contributed by atoms with Gasteiger partial charge in [-0.3, -0.25) is 0 Å². The number of fused-ring (bicyclic) bond motifs is 5. The van der Waals surface area contributed by atoms with Crippen LogP contribution in [0.5, 0.6) is 0 Å². The summed E-state index contributed by atoms with van der Waals surface area (Å²) in [5, 5.41) is 6.67. The first-order valence-electron chi connectivity index (χ1n) is 17.1. The summed E-state index contributed by atoms with van der Waals surface area (Å²) in [6.45, 7) is 0. The van der Waals surface area contributed by atoms with Crippen LogP contribution in [0, 0.1) is 0 Å². The summed E-state index contributed by atoms with van der Waals surface area (Å²) in [5.74, 6) is 1.83. The quantitative estimate of drug-likeness (QED) is 0.186. The van der Waals surface area contributed by atoms with Gasteiger partial charge in [-0.15, -0.1) is 0 Å². The third-order valence-corrected chi connectivity index (χ3v) is 9.73. The summed E-state index contributed by atoms with van der Waals surface area (Å²) in [6.07, 6.45) is 0. The molecule has 10 aromatic rings. The Morgan fingerprint density at radius 1 is 0.314 bits per heavy atom. The molecule has 10 rings (SSSR count). The van der Waals surface area contributed by atoms with E-state index in [1.54, 1.807) is 0 Å². The molecule has 4 nitrogen and oxygen atoms in total. The van der Waals surface area contributed by atoms with Crippen molar-refractivity contribution in [3.8, 4) is 56.4 Å². The van der Waals surface area contributed by atoms with Crippen LogP contribution in [-0.4, -0.2) is 15.0 Å². The lowest BCUT2D eigenvalue weighted by Gasteiger charge is -2.12. The molecule has 0 radical (unpaired) electrons. The van der Waals surface area contributed by atoms with Gasteiger partial charge in [0.2, 0.25) is 0 Å². The van der Waals surface area contributed by atoms with Crippen molar-refractivity contribution in [1.82, 2.24) is 15.0 Å². The molecule has 0 N–H and O–H groups in total. The summed E-state index contributed by atoms with van der Waals surface area (Å²) < 4.78 is 6.27. The summed E-state index contributed by atoms with van der Waals surface area (Å²) >= 11 is 0.